The van der Waals surface area contributed by atoms with E-state index < -0.39 is 0 Å². The molecule has 0 unspecified atom stereocenters. The van der Waals surface area contributed by atoms with Crippen molar-refractivity contribution in [2.45, 2.75) is 19.3 Å². The van der Waals surface area contributed by atoms with E-state index in [0.29, 0.717) is 42.5 Å². The highest BCUT2D eigenvalue weighted by atomic mass is 35.5. The quantitative estimate of drug-likeness (QED) is 0.598. The van der Waals surface area contributed by atoms with Gasteiger partial charge < -0.3 is 9.80 Å². The lowest BCUT2D eigenvalue weighted by Gasteiger charge is -2.38. The van der Waals surface area contributed by atoms with Gasteiger partial charge in [0.05, 0.1) is 11.3 Å². The highest BCUT2D eigenvalue weighted by molar-refractivity contribution is 6.30. The molecule has 1 aromatic heterocycles. The number of amides is 2. The monoisotopic (exact) mass is 448 g/mol. The van der Waals surface area contributed by atoms with Gasteiger partial charge in [0.15, 0.2) is 0 Å². The van der Waals surface area contributed by atoms with Crippen LogP contribution in [0.1, 0.15) is 29.6 Å². The Hall–Kier alpha value is -3.12. The smallest absolute Gasteiger partial charge is 0.257 e. The number of rotatable bonds is 4. The third kappa shape index (κ3) is 4.02. The van der Waals surface area contributed by atoms with E-state index in [1.807, 2.05) is 52.3 Å². The molecule has 0 atom stereocenters. The molecule has 0 radical (unpaired) electrons. The second-order valence-corrected chi connectivity index (χ2v) is 8.86. The van der Waals surface area contributed by atoms with Crippen LogP contribution in [0.3, 0.4) is 0 Å². The Bertz CT molecular complexity index is 1110. The molecule has 6 nitrogen and oxygen atoms in total. The van der Waals surface area contributed by atoms with Crippen LogP contribution in [0.4, 0.5) is 0 Å². The van der Waals surface area contributed by atoms with E-state index >= 15 is 0 Å². The van der Waals surface area contributed by atoms with E-state index in [0.717, 1.165) is 30.5 Å². The van der Waals surface area contributed by atoms with Crippen molar-refractivity contribution in [3.05, 3.63) is 71.4 Å². The maximum atomic E-state index is 13.5. The summed E-state index contributed by atoms with van der Waals surface area (Å²) >= 11 is 6.07. The predicted octanol–water partition coefficient (Wildman–Crippen LogP) is 4.28. The molecule has 7 heteroatoms. The van der Waals surface area contributed by atoms with E-state index in [1.54, 1.807) is 23.0 Å². The Morgan fingerprint density at radius 1 is 0.875 bits per heavy atom. The highest BCUT2D eigenvalue weighted by Crippen LogP contribution is 2.29. The normalized spacial score (nSPS) is 16.7. The summed E-state index contributed by atoms with van der Waals surface area (Å²) in [6, 6.07) is 17.1. The van der Waals surface area contributed by atoms with Crippen molar-refractivity contribution in [3.8, 4) is 16.9 Å². The first-order chi connectivity index (χ1) is 15.6. The maximum absolute atomic E-state index is 13.5. The summed E-state index contributed by atoms with van der Waals surface area (Å²) in [6.07, 6.45) is 4.95. The summed E-state index contributed by atoms with van der Waals surface area (Å²) in [4.78, 5) is 29.8. The molecule has 32 heavy (non-hydrogen) atoms. The zero-order valence-corrected chi connectivity index (χ0v) is 18.5. The molecule has 3 aromatic rings. The molecule has 164 valence electrons. The van der Waals surface area contributed by atoms with Gasteiger partial charge in [0.2, 0.25) is 5.91 Å². The average molecular weight is 449 g/mol. The first kappa shape index (κ1) is 20.8. The molecule has 5 rings (SSSR count). The van der Waals surface area contributed by atoms with Gasteiger partial charge in [-0.05, 0) is 37.1 Å². The summed E-state index contributed by atoms with van der Waals surface area (Å²) < 4.78 is 1.74. The maximum Gasteiger partial charge on any atom is 0.257 e. The van der Waals surface area contributed by atoms with Crippen LogP contribution in [0, 0.1) is 5.92 Å². The molecule has 2 aliphatic rings. The number of carbonyl (C=O) groups is 2. The molecule has 0 spiro atoms. The summed E-state index contributed by atoms with van der Waals surface area (Å²) in [5.41, 5.74) is 2.90. The molecule has 2 amide bonds. The number of hydrogen-bond acceptors (Lipinski definition) is 3. The number of benzene rings is 2. The molecule has 1 aliphatic heterocycles. The lowest BCUT2D eigenvalue weighted by Crippen LogP contribution is -2.52. The van der Waals surface area contributed by atoms with Crippen LogP contribution >= 0.6 is 11.6 Å². The van der Waals surface area contributed by atoms with Crippen LogP contribution in [-0.2, 0) is 4.79 Å². The lowest BCUT2D eigenvalue weighted by atomic mass is 9.84. The van der Waals surface area contributed by atoms with E-state index in [2.05, 4.69) is 0 Å². The summed E-state index contributed by atoms with van der Waals surface area (Å²) in [5, 5.41) is 5.38. The number of hydrogen-bond donors (Lipinski definition) is 0. The molecule has 1 saturated heterocycles. The number of carbonyl (C=O) groups excluding carboxylic acids is 2. The predicted molar refractivity (Wildman–Crippen MR) is 124 cm³/mol. The largest absolute Gasteiger partial charge is 0.339 e. The molecular formula is C25H25ClN4O2. The van der Waals surface area contributed by atoms with Crippen molar-refractivity contribution < 1.29 is 9.59 Å². The molecule has 1 saturated carbocycles. The van der Waals surface area contributed by atoms with Gasteiger partial charge in [-0.25, -0.2) is 4.68 Å². The van der Waals surface area contributed by atoms with E-state index in [4.69, 9.17) is 16.7 Å². The topological polar surface area (TPSA) is 58.4 Å². The molecule has 2 fully saturated rings. The zero-order valence-electron chi connectivity index (χ0n) is 17.8. The average Bonchev–Trinajstić information content (AvgIpc) is 3.24. The minimum Gasteiger partial charge on any atom is -0.339 e. The molecule has 1 aliphatic carbocycles. The number of para-hydroxylation sites is 1. The molecule has 2 heterocycles. The second kappa shape index (κ2) is 8.79. The lowest BCUT2D eigenvalue weighted by molar-refractivity contribution is -0.139. The number of aromatic nitrogens is 2. The molecule has 2 aromatic carbocycles. The Morgan fingerprint density at radius 2 is 1.53 bits per heavy atom. The highest BCUT2D eigenvalue weighted by Gasteiger charge is 2.33. The van der Waals surface area contributed by atoms with Gasteiger partial charge in [-0.15, -0.1) is 0 Å². The van der Waals surface area contributed by atoms with Crippen molar-refractivity contribution in [2.75, 3.05) is 26.2 Å². The van der Waals surface area contributed by atoms with Gasteiger partial charge in [-0.2, -0.15) is 5.10 Å². The van der Waals surface area contributed by atoms with Crippen LogP contribution in [-0.4, -0.2) is 57.6 Å². The molecule has 0 N–H and O–H groups in total. The van der Waals surface area contributed by atoms with Gasteiger partial charge in [0, 0.05) is 48.9 Å². The number of nitrogens with zero attached hydrogens (tertiary/aromatic N) is 4. The minimum absolute atomic E-state index is 0.0622. The van der Waals surface area contributed by atoms with E-state index in [-0.39, 0.29) is 17.7 Å². The van der Waals surface area contributed by atoms with Crippen LogP contribution in [0.25, 0.3) is 16.9 Å². The van der Waals surface area contributed by atoms with Crippen molar-refractivity contribution in [1.29, 1.82) is 0 Å². The van der Waals surface area contributed by atoms with Gasteiger partial charge in [0.1, 0.15) is 5.69 Å². The first-order valence-electron chi connectivity index (χ1n) is 11.1. The summed E-state index contributed by atoms with van der Waals surface area (Å²) in [5.74, 6) is 0.382. The SMILES string of the molecule is O=C(c1cn(-c2ccccc2)nc1-c1ccc(Cl)cc1)N1CCN(C(=O)C2CCC2)CC1. The third-order valence-corrected chi connectivity index (χ3v) is 6.67. The van der Waals surface area contributed by atoms with Gasteiger partial charge >= 0.3 is 0 Å². The number of halogens is 1. The first-order valence-corrected chi connectivity index (χ1v) is 11.5. The summed E-state index contributed by atoms with van der Waals surface area (Å²) in [6.45, 7) is 2.25. The fraction of sp³-hybridized carbons (Fsp3) is 0.320. The number of piperazine rings is 1. The van der Waals surface area contributed by atoms with Gasteiger partial charge in [-0.1, -0.05) is 48.4 Å². The van der Waals surface area contributed by atoms with E-state index in [1.165, 1.54) is 0 Å². The van der Waals surface area contributed by atoms with Crippen molar-refractivity contribution in [3.63, 3.8) is 0 Å². The standard InChI is InChI=1S/C25H25ClN4O2/c26-20-11-9-18(10-12-20)23-22(17-30(27-23)21-7-2-1-3-8-21)25(32)29-15-13-28(14-16-29)24(31)19-5-4-6-19/h1-3,7-12,17,19H,4-6,13-16H2. The summed E-state index contributed by atoms with van der Waals surface area (Å²) in [7, 11) is 0. The minimum atomic E-state index is -0.0622. The fourth-order valence-corrected chi connectivity index (χ4v) is 4.40. The Labute approximate surface area is 192 Å². The third-order valence-electron chi connectivity index (χ3n) is 6.42. The molecular weight excluding hydrogens is 424 g/mol. The van der Waals surface area contributed by atoms with Crippen molar-refractivity contribution in [1.82, 2.24) is 19.6 Å². The van der Waals surface area contributed by atoms with Crippen LogP contribution < -0.4 is 0 Å². The fourth-order valence-electron chi connectivity index (χ4n) is 4.28. The van der Waals surface area contributed by atoms with Crippen molar-refractivity contribution in [2.24, 2.45) is 5.92 Å². The van der Waals surface area contributed by atoms with Crippen molar-refractivity contribution >= 4 is 23.4 Å². The van der Waals surface area contributed by atoms with Gasteiger partial charge in [0.25, 0.3) is 5.91 Å². The zero-order chi connectivity index (χ0) is 22.1. The Morgan fingerprint density at radius 3 is 2.16 bits per heavy atom. The Balaban J connectivity index is 1.40. The Kier molecular flexibility index (Phi) is 5.70. The van der Waals surface area contributed by atoms with Gasteiger partial charge in [-0.3, -0.25) is 9.59 Å². The van der Waals surface area contributed by atoms with Crippen LogP contribution in [0.15, 0.2) is 60.8 Å². The second-order valence-electron chi connectivity index (χ2n) is 8.42. The van der Waals surface area contributed by atoms with Crippen LogP contribution in [0.5, 0.6) is 0 Å². The van der Waals surface area contributed by atoms with E-state index in [9.17, 15) is 9.59 Å². The molecule has 0 bridgehead atoms. The van der Waals surface area contributed by atoms with Crippen LogP contribution in [0.2, 0.25) is 5.02 Å².